The summed E-state index contributed by atoms with van der Waals surface area (Å²) in [4.78, 5) is 4.32. The summed E-state index contributed by atoms with van der Waals surface area (Å²) < 4.78 is 0. The Kier molecular flexibility index (Phi) is 3.21. The third kappa shape index (κ3) is 2.71. The second-order valence-corrected chi connectivity index (χ2v) is 4.25. The molecule has 0 N–H and O–H groups in total. The van der Waals surface area contributed by atoms with Crippen molar-refractivity contribution in [1.82, 2.24) is 0 Å². The lowest BCUT2D eigenvalue weighted by molar-refractivity contribution is 1.18. The molecule has 0 saturated heterocycles. The number of nitriles is 1. The quantitative estimate of drug-likeness (QED) is 0.759. The van der Waals surface area contributed by atoms with Gasteiger partial charge in [0.25, 0.3) is 0 Å². The van der Waals surface area contributed by atoms with Gasteiger partial charge >= 0.3 is 0 Å². The molecule has 1 aromatic rings. The van der Waals surface area contributed by atoms with Crippen molar-refractivity contribution in [3.8, 4) is 6.07 Å². The lowest BCUT2D eigenvalue weighted by Gasteiger charge is -1.93. The molecule has 1 aliphatic heterocycles. The van der Waals surface area contributed by atoms with Gasteiger partial charge in [-0.25, -0.2) is 0 Å². The van der Waals surface area contributed by atoms with Crippen molar-refractivity contribution in [2.45, 2.75) is 0 Å². The van der Waals surface area contributed by atoms with Gasteiger partial charge in [0.15, 0.2) is 0 Å². The molecule has 1 aromatic carbocycles. The number of thioether (sulfide) groups is 1. The molecule has 1 heterocycles. The first-order valence-corrected chi connectivity index (χ1v) is 5.72. The molecule has 0 atom stereocenters. The Hall–Kier alpha value is -1.53. The number of nitrogens with zero attached hydrogens (tertiary/aromatic N) is 2. The van der Waals surface area contributed by atoms with Gasteiger partial charge in [0.05, 0.1) is 16.7 Å². The molecule has 74 valence electrons. The van der Waals surface area contributed by atoms with E-state index in [1.54, 1.807) is 11.8 Å². The smallest absolute Gasteiger partial charge is 0.0991 e. The fraction of sp³-hybridized carbons (Fsp3) is 0.167. The lowest BCUT2D eigenvalue weighted by Crippen LogP contribution is -1.80. The van der Waals surface area contributed by atoms with Crippen LogP contribution in [0.4, 0.5) is 0 Å². The van der Waals surface area contributed by atoms with Crippen molar-refractivity contribution < 1.29 is 0 Å². The normalized spacial score (nSPS) is 15.3. The van der Waals surface area contributed by atoms with Crippen LogP contribution in [0.15, 0.2) is 35.3 Å². The summed E-state index contributed by atoms with van der Waals surface area (Å²) in [6, 6.07) is 9.62. The zero-order valence-corrected chi connectivity index (χ0v) is 9.00. The number of benzene rings is 1. The summed E-state index contributed by atoms with van der Waals surface area (Å²) in [6.45, 7) is 0.928. The predicted octanol–water partition coefficient (Wildman–Crippen LogP) is 2.72. The summed E-state index contributed by atoms with van der Waals surface area (Å²) in [5, 5.41) is 9.74. The van der Waals surface area contributed by atoms with Crippen LogP contribution in [0.3, 0.4) is 0 Å². The largest absolute Gasteiger partial charge is 0.278 e. The first-order valence-electron chi connectivity index (χ1n) is 4.74. The van der Waals surface area contributed by atoms with E-state index in [1.165, 1.54) is 0 Å². The Balaban J connectivity index is 2.07. The van der Waals surface area contributed by atoms with Crippen LogP contribution >= 0.6 is 11.8 Å². The van der Waals surface area contributed by atoms with Gasteiger partial charge in [-0.3, -0.25) is 4.99 Å². The molecule has 0 spiro atoms. The van der Waals surface area contributed by atoms with Crippen LogP contribution in [0.5, 0.6) is 0 Å². The molecule has 0 saturated carbocycles. The molecular formula is C12H10N2S. The minimum absolute atomic E-state index is 0.694. The zero-order chi connectivity index (χ0) is 10.5. The van der Waals surface area contributed by atoms with Gasteiger partial charge in [-0.15, -0.1) is 11.8 Å². The third-order valence-corrected chi connectivity index (χ3v) is 3.01. The highest BCUT2D eigenvalue weighted by Gasteiger charge is 2.01. The Morgan fingerprint density at radius 3 is 2.67 bits per heavy atom. The Bertz CT molecular complexity index is 438. The van der Waals surface area contributed by atoms with Gasteiger partial charge in [-0.1, -0.05) is 18.2 Å². The predicted molar refractivity (Wildman–Crippen MR) is 65.0 cm³/mol. The van der Waals surface area contributed by atoms with Crippen LogP contribution < -0.4 is 0 Å². The SMILES string of the molecule is N#Cc1ccc(/C=C/C2=NCCS2)cc1. The molecule has 0 bridgehead atoms. The lowest BCUT2D eigenvalue weighted by atomic mass is 10.1. The molecular weight excluding hydrogens is 204 g/mol. The van der Waals surface area contributed by atoms with E-state index in [0.29, 0.717) is 5.56 Å². The van der Waals surface area contributed by atoms with E-state index < -0.39 is 0 Å². The first-order chi connectivity index (χ1) is 7.38. The fourth-order valence-electron chi connectivity index (χ4n) is 1.29. The third-order valence-electron chi connectivity index (χ3n) is 2.07. The van der Waals surface area contributed by atoms with Gasteiger partial charge in [0.1, 0.15) is 0 Å². The maximum Gasteiger partial charge on any atom is 0.0991 e. The standard InChI is InChI=1S/C12H10N2S/c13-9-11-3-1-10(2-4-11)5-6-12-14-7-8-15-12/h1-6H,7-8H2/b6-5+. The van der Waals surface area contributed by atoms with Crippen LogP contribution in [-0.4, -0.2) is 17.3 Å². The average Bonchev–Trinajstić information content (AvgIpc) is 2.80. The van der Waals surface area contributed by atoms with Crippen LogP contribution in [0.25, 0.3) is 6.08 Å². The Morgan fingerprint density at radius 1 is 1.27 bits per heavy atom. The van der Waals surface area contributed by atoms with Crippen molar-refractivity contribution in [3.63, 3.8) is 0 Å². The highest BCUT2D eigenvalue weighted by atomic mass is 32.2. The van der Waals surface area contributed by atoms with Crippen LogP contribution in [-0.2, 0) is 0 Å². The van der Waals surface area contributed by atoms with Gasteiger partial charge < -0.3 is 0 Å². The van der Waals surface area contributed by atoms with E-state index in [1.807, 2.05) is 36.4 Å². The first kappa shape index (κ1) is 10.0. The van der Waals surface area contributed by atoms with Crippen molar-refractivity contribution in [3.05, 3.63) is 41.5 Å². The highest BCUT2D eigenvalue weighted by molar-refractivity contribution is 8.14. The summed E-state index contributed by atoms with van der Waals surface area (Å²) in [5.41, 5.74) is 1.80. The second kappa shape index (κ2) is 4.81. The average molecular weight is 214 g/mol. The number of hydrogen-bond donors (Lipinski definition) is 0. The van der Waals surface area contributed by atoms with Gasteiger partial charge in [-0.05, 0) is 23.8 Å². The highest BCUT2D eigenvalue weighted by Crippen LogP contribution is 2.14. The van der Waals surface area contributed by atoms with Gasteiger partial charge in [-0.2, -0.15) is 5.26 Å². The summed E-state index contributed by atoms with van der Waals surface area (Å²) in [7, 11) is 0. The monoisotopic (exact) mass is 214 g/mol. The maximum atomic E-state index is 8.64. The Labute approximate surface area is 93.3 Å². The molecule has 0 unspecified atom stereocenters. The second-order valence-electron chi connectivity index (χ2n) is 3.14. The fourth-order valence-corrected chi connectivity index (χ4v) is 2.03. The van der Waals surface area contributed by atoms with Crippen molar-refractivity contribution in [2.24, 2.45) is 4.99 Å². The van der Waals surface area contributed by atoms with E-state index in [9.17, 15) is 0 Å². The summed E-state index contributed by atoms with van der Waals surface area (Å²) in [6.07, 6.45) is 4.05. The minimum Gasteiger partial charge on any atom is -0.278 e. The summed E-state index contributed by atoms with van der Waals surface area (Å²) >= 11 is 1.78. The Morgan fingerprint density at radius 2 is 2.07 bits per heavy atom. The van der Waals surface area contributed by atoms with Gasteiger partial charge in [0.2, 0.25) is 0 Å². The number of aliphatic imine (C=N–C) groups is 1. The van der Waals surface area contributed by atoms with Gasteiger partial charge in [0, 0.05) is 12.3 Å². The maximum absolute atomic E-state index is 8.64. The minimum atomic E-state index is 0.694. The van der Waals surface area contributed by atoms with Crippen LogP contribution in [0.2, 0.25) is 0 Å². The van der Waals surface area contributed by atoms with Crippen LogP contribution in [0, 0.1) is 11.3 Å². The van der Waals surface area contributed by atoms with E-state index >= 15 is 0 Å². The summed E-state index contributed by atoms with van der Waals surface area (Å²) in [5.74, 6) is 1.09. The number of hydrogen-bond acceptors (Lipinski definition) is 3. The molecule has 2 nitrogen and oxygen atoms in total. The molecule has 0 radical (unpaired) electrons. The number of rotatable bonds is 2. The van der Waals surface area contributed by atoms with Crippen molar-refractivity contribution in [2.75, 3.05) is 12.3 Å². The molecule has 0 fully saturated rings. The van der Waals surface area contributed by atoms with Crippen molar-refractivity contribution >= 4 is 22.9 Å². The van der Waals surface area contributed by atoms with E-state index in [0.717, 1.165) is 22.9 Å². The van der Waals surface area contributed by atoms with E-state index in [-0.39, 0.29) is 0 Å². The topological polar surface area (TPSA) is 36.1 Å². The molecule has 2 rings (SSSR count). The van der Waals surface area contributed by atoms with Crippen LogP contribution in [0.1, 0.15) is 11.1 Å². The molecule has 15 heavy (non-hydrogen) atoms. The molecule has 1 aliphatic rings. The van der Waals surface area contributed by atoms with Crippen molar-refractivity contribution in [1.29, 1.82) is 5.26 Å². The van der Waals surface area contributed by atoms with E-state index in [4.69, 9.17) is 5.26 Å². The molecule has 0 amide bonds. The molecule has 0 aliphatic carbocycles. The zero-order valence-electron chi connectivity index (χ0n) is 8.18. The molecule has 0 aromatic heterocycles. The molecule has 3 heteroatoms. The van der Waals surface area contributed by atoms with E-state index in [2.05, 4.69) is 11.1 Å².